The number of halogens is 3. The molecule has 3 aliphatic rings. The van der Waals surface area contributed by atoms with Crippen molar-refractivity contribution in [1.29, 1.82) is 0 Å². The fourth-order valence-corrected chi connectivity index (χ4v) is 5.37. The summed E-state index contributed by atoms with van der Waals surface area (Å²) in [5.74, 6) is 0.684. The number of aromatic nitrogens is 2. The van der Waals surface area contributed by atoms with Crippen molar-refractivity contribution in [2.75, 3.05) is 33.7 Å². The minimum atomic E-state index is -5.08. The highest BCUT2D eigenvalue weighted by molar-refractivity contribution is 5.77. The number of ether oxygens (including phenoxy) is 1. The van der Waals surface area contributed by atoms with Crippen molar-refractivity contribution in [3.63, 3.8) is 0 Å². The molecule has 1 saturated heterocycles. The third-order valence-electron chi connectivity index (χ3n) is 7.82. The Morgan fingerprint density at radius 2 is 1.79 bits per heavy atom. The summed E-state index contributed by atoms with van der Waals surface area (Å²) in [5, 5.41) is 7.12. The van der Waals surface area contributed by atoms with E-state index in [0.29, 0.717) is 12.5 Å². The number of amides is 1. The Labute approximate surface area is 226 Å². The van der Waals surface area contributed by atoms with Gasteiger partial charge >= 0.3 is 12.1 Å². The Bertz CT molecular complexity index is 1200. The fraction of sp³-hybridized carbons (Fsp3) is 0.607. The molecule has 2 aromatic rings. The monoisotopic (exact) mass is 550 g/mol. The van der Waals surface area contributed by atoms with E-state index in [1.54, 1.807) is 4.90 Å². The average Bonchev–Trinajstić information content (AvgIpc) is 3.24. The minimum absolute atomic E-state index is 0.156. The van der Waals surface area contributed by atoms with Gasteiger partial charge in [-0.25, -0.2) is 9.78 Å². The molecule has 1 aliphatic carbocycles. The molecular weight excluding hydrogens is 513 g/mol. The van der Waals surface area contributed by atoms with Gasteiger partial charge in [0, 0.05) is 58.1 Å². The number of likely N-dealkylation sites (N-methyl/N-ethyl adjacent to an activating group) is 1. The van der Waals surface area contributed by atoms with Crippen molar-refractivity contribution < 1.29 is 32.6 Å². The largest absolute Gasteiger partial charge is 0.490 e. The highest BCUT2D eigenvalue weighted by Gasteiger charge is 2.47. The summed E-state index contributed by atoms with van der Waals surface area (Å²) in [4.78, 5) is 30.4. The third kappa shape index (κ3) is 6.08. The van der Waals surface area contributed by atoms with Gasteiger partial charge in [-0.3, -0.25) is 9.69 Å². The van der Waals surface area contributed by atoms with E-state index in [1.165, 1.54) is 36.3 Å². The van der Waals surface area contributed by atoms with Crippen LogP contribution < -0.4 is 4.74 Å². The number of carboxylic acids is 1. The number of fused-ring (bicyclic) bond motifs is 4. The number of para-hydroxylation sites is 1. The average molecular weight is 551 g/mol. The van der Waals surface area contributed by atoms with E-state index in [-0.39, 0.29) is 5.91 Å². The standard InChI is InChI=1S/C26H36N4O2.C2HF3O2/c1-18(2)25-27-24-23(30(25)16-19-8-7-9-19)20-10-5-6-11-21(20)32-26(24)12-14-29(15-13-26)17-22(31)28(3)4;3-2(4,5)1(6)7/h5-6,10-11,18-19H,7-9,12-17H2,1-4H3;(H,6,7). The smallest absolute Gasteiger partial charge is 0.480 e. The zero-order valence-corrected chi connectivity index (χ0v) is 22.9. The number of carbonyl (C=O) groups is 2. The number of aliphatic carboxylic acids is 1. The quantitative estimate of drug-likeness (QED) is 0.571. The van der Waals surface area contributed by atoms with Crippen LogP contribution in [0.4, 0.5) is 13.2 Å². The number of piperidine rings is 1. The van der Waals surface area contributed by atoms with Gasteiger partial charge in [0.1, 0.15) is 17.3 Å². The molecule has 0 radical (unpaired) electrons. The molecule has 0 bridgehead atoms. The van der Waals surface area contributed by atoms with E-state index in [4.69, 9.17) is 19.6 Å². The van der Waals surface area contributed by atoms with E-state index in [9.17, 15) is 18.0 Å². The normalized spacial score (nSPS) is 18.4. The maximum Gasteiger partial charge on any atom is 0.490 e. The van der Waals surface area contributed by atoms with Crippen molar-refractivity contribution in [1.82, 2.24) is 19.4 Å². The minimum Gasteiger partial charge on any atom is -0.480 e. The first-order valence-corrected chi connectivity index (χ1v) is 13.4. The maximum absolute atomic E-state index is 12.2. The van der Waals surface area contributed by atoms with Crippen LogP contribution in [-0.4, -0.2) is 76.2 Å². The van der Waals surface area contributed by atoms with Crippen LogP contribution in [0.15, 0.2) is 24.3 Å². The molecule has 8 nitrogen and oxygen atoms in total. The number of likely N-dealkylation sites (tertiary alicyclic amines) is 1. The predicted molar refractivity (Wildman–Crippen MR) is 139 cm³/mol. The topological polar surface area (TPSA) is 87.9 Å². The molecule has 1 aromatic heterocycles. The molecule has 1 N–H and O–H groups in total. The van der Waals surface area contributed by atoms with Crippen molar-refractivity contribution >= 4 is 11.9 Å². The number of benzene rings is 1. The molecule has 2 aliphatic heterocycles. The lowest BCUT2D eigenvalue weighted by atomic mass is 9.82. The third-order valence-corrected chi connectivity index (χ3v) is 7.82. The molecule has 1 amide bonds. The van der Waals surface area contributed by atoms with Gasteiger partial charge in [0.05, 0.1) is 12.2 Å². The number of rotatable bonds is 5. The Morgan fingerprint density at radius 3 is 2.31 bits per heavy atom. The lowest BCUT2D eigenvalue weighted by molar-refractivity contribution is -0.192. The van der Waals surface area contributed by atoms with Gasteiger partial charge in [-0.15, -0.1) is 0 Å². The molecule has 39 heavy (non-hydrogen) atoms. The van der Waals surface area contributed by atoms with Crippen molar-refractivity contribution in [2.24, 2.45) is 5.92 Å². The van der Waals surface area contributed by atoms with Gasteiger partial charge in [-0.1, -0.05) is 32.4 Å². The second-order valence-electron chi connectivity index (χ2n) is 11.2. The van der Waals surface area contributed by atoms with Crippen molar-refractivity contribution in [3.8, 4) is 17.0 Å². The number of imidazole rings is 1. The van der Waals surface area contributed by atoms with Gasteiger partial charge in [0.15, 0.2) is 5.60 Å². The first-order valence-electron chi connectivity index (χ1n) is 13.4. The molecule has 3 heterocycles. The summed E-state index contributed by atoms with van der Waals surface area (Å²) >= 11 is 0. The number of hydrogen-bond acceptors (Lipinski definition) is 5. The maximum atomic E-state index is 12.2. The molecule has 0 unspecified atom stereocenters. The van der Waals surface area contributed by atoms with Crippen molar-refractivity contribution in [3.05, 3.63) is 35.8 Å². The molecule has 1 aromatic carbocycles. The van der Waals surface area contributed by atoms with Gasteiger partial charge < -0.3 is 19.3 Å². The predicted octanol–water partition coefficient (Wildman–Crippen LogP) is 4.88. The number of carboxylic acid groups (broad SMARTS) is 1. The Balaban J connectivity index is 0.000000448. The highest BCUT2D eigenvalue weighted by Crippen LogP contribution is 2.50. The van der Waals surface area contributed by atoms with Crippen LogP contribution in [-0.2, 0) is 21.7 Å². The first kappa shape index (κ1) is 28.9. The number of hydrogen-bond donors (Lipinski definition) is 1. The Hall–Kier alpha value is -3.08. The van der Waals surface area contributed by atoms with Gasteiger partial charge in [-0.2, -0.15) is 13.2 Å². The second-order valence-corrected chi connectivity index (χ2v) is 11.2. The van der Waals surface area contributed by atoms with E-state index >= 15 is 0 Å². The van der Waals surface area contributed by atoms with Gasteiger partial charge in [0.2, 0.25) is 5.91 Å². The van der Waals surface area contributed by atoms with Crippen LogP contribution in [0.2, 0.25) is 0 Å². The Kier molecular flexibility index (Phi) is 8.30. The molecule has 1 spiro atoms. The number of alkyl halides is 3. The summed E-state index contributed by atoms with van der Waals surface area (Å²) in [7, 11) is 3.65. The van der Waals surface area contributed by atoms with Crippen LogP contribution in [0.5, 0.6) is 5.75 Å². The van der Waals surface area contributed by atoms with Crippen LogP contribution in [0.3, 0.4) is 0 Å². The zero-order valence-electron chi connectivity index (χ0n) is 22.9. The number of carbonyl (C=O) groups excluding carboxylic acids is 1. The summed E-state index contributed by atoms with van der Waals surface area (Å²) in [6, 6.07) is 8.47. The molecular formula is C28H37F3N4O4. The van der Waals surface area contributed by atoms with E-state index < -0.39 is 17.7 Å². The van der Waals surface area contributed by atoms with E-state index in [2.05, 4.69) is 47.6 Å². The zero-order chi connectivity index (χ0) is 28.5. The summed E-state index contributed by atoms with van der Waals surface area (Å²) < 4.78 is 41.0. The fourth-order valence-electron chi connectivity index (χ4n) is 5.37. The second kappa shape index (κ2) is 11.2. The van der Waals surface area contributed by atoms with Crippen molar-refractivity contribution in [2.45, 2.75) is 70.2 Å². The molecule has 2 fully saturated rings. The summed E-state index contributed by atoms with van der Waals surface area (Å²) in [6.45, 7) is 7.71. The van der Waals surface area contributed by atoms with Crippen LogP contribution in [0.25, 0.3) is 11.3 Å². The van der Waals surface area contributed by atoms with E-state index in [0.717, 1.165) is 49.8 Å². The highest BCUT2D eigenvalue weighted by atomic mass is 19.4. The van der Waals surface area contributed by atoms with Crippen LogP contribution in [0.1, 0.15) is 63.4 Å². The van der Waals surface area contributed by atoms with E-state index in [1.807, 2.05) is 14.1 Å². The molecule has 5 rings (SSSR count). The van der Waals surface area contributed by atoms with Crippen LogP contribution in [0, 0.1) is 5.92 Å². The molecule has 1 saturated carbocycles. The lowest BCUT2D eigenvalue weighted by Gasteiger charge is -2.44. The number of nitrogens with zero attached hydrogens (tertiary/aromatic N) is 4. The SMILES string of the molecule is CC(C)c1nc2c(n1CC1CCC1)-c1ccccc1OC21CCN(CC(=O)N(C)C)CC1.O=C(O)C(F)(F)F. The molecule has 0 atom stereocenters. The lowest BCUT2D eigenvalue weighted by Crippen LogP contribution is -2.49. The summed E-state index contributed by atoms with van der Waals surface area (Å²) in [5.41, 5.74) is 3.17. The van der Waals surface area contributed by atoms with Gasteiger partial charge in [-0.05, 0) is 30.9 Å². The molecule has 214 valence electrons. The summed E-state index contributed by atoms with van der Waals surface area (Å²) in [6.07, 6.45) is 0.620. The molecule has 11 heteroatoms. The Morgan fingerprint density at radius 1 is 1.18 bits per heavy atom. The van der Waals surface area contributed by atoms with Crippen LogP contribution >= 0.6 is 0 Å². The first-order chi connectivity index (χ1) is 18.3. The van der Waals surface area contributed by atoms with Gasteiger partial charge in [0.25, 0.3) is 0 Å².